The summed E-state index contributed by atoms with van der Waals surface area (Å²) in [5, 5.41) is 9.39. The lowest BCUT2D eigenvalue weighted by Crippen LogP contribution is -2.19. The zero-order valence-corrected chi connectivity index (χ0v) is 25.7. The number of aromatic nitrogens is 6. The van der Waals surface area contributed by atoms with Gasteiger partial charge < -0.3 is 15.4 Å². The van der Waals surface area contributed by atoms with E-state index in [-0.39, 0.29) is 11.1 Å². The van der Waals surface area contributed by atoms with Crippen molar-refractivity contribution < 1.29 is 13.2 Å². The topological polar surface area (TPSA) is 137 Å². The van der Waals surface area contributed by atoms with Crippen molar-refractivity contribution in [2.45, 2.75) is 58.1 Å². The van der Waals surface area contributed by atoms with Crippen molar-refractivity contribution in [1.29, 1.82) is 0 Å². The molecule has 1 atom stereocenters. The van der Waals surface area contributed by atoms with Crippen LogP contribution in [0.2, 0.25) is 0 Å². The molecule has 0 radical (unpaired) electrons. The van der Waals surface area contributed by atoms with Crippen molar-refractivity contribution in [2.75, 3.05) is 23.5 Å². The van der Waals surface area contributed by atoms with Gasteiger partial charge in [0.2, 0.25) is 0 Å². The van der Waals surface area contributed by atoms with Gasteiger partial charge in [0.15, 0.2) is 15.5 Å². The molecule has 11 nitrogen and oxygen atoms in total. The molecule has 1 unspecified atom stereocenters. The Hall–Kier alpha value is -3.94. The van der Waals surface area contributed by atoms with E-state index in [4.69, 9.17) is 14.7 Å². The second-order valence-corrected chi connectivity index (χ2v) is 13.4. The van der Waals surface area contributed by atoms with Crippen LogP contribution in [-0.2, 0) is 14.6 Å². The summed E-state index contributed by atoms with van der Waals surface area (Å²) >= 11 is 1.48. The van der Waals surface area contributed by atoms with E-state index in [1.165, 1.54) is 17.6 Å². The molecule has 5 heterocycles. The summed E-state index contributed by atoms with van der Waals surface area (Å²) in [5.41, 5.74) is 4.73. The third kappa shape index (κ3) is 5.72. The van der Waals surface area contributed by atoms with E-state index in [2.05, 4.69) is 25.6 Å². The first-order chi connectivity index (χ1) is 20.0. The number of nitrogens with zero attached hydrogens (tertiary/aromatic N) is 6. The average molecular weight is 605 g/mol. The Bertz CT molecular complexity index is 1890. The molecule has 0 saturated carbocycles. The van der Waals surface area contributed by atoms with E-state index in [9.17, 15) is 8.42 Å². The molecule has 2 N–H and O–H groups in total. The van der Waals surface area contributed by atoms with Gasteiger partial charge in [0.25, 0.3) is 0 Å². The summed E-state index contributed by atoms with van der Waals surface area (Å²) in [6, 6.07) is 8.98. The third-order valence-corrected chi connectivity index (χ3v) is 9.15. The Morgan fingerprint density at radius 1 is 0.905 bits per heavy atom. The lowest BCUT2D eigenvalue weighted by Gasteiger charge is -2.25. The molecule has 1 aliphatic rings. The molecule has 13 heteroatoms. The van der Waals surface area contributed by atoms with Crippen molar-refractivity contribution in [3.8, 4) is 10.6 Å². The molecular weight excluding hydrogens is 573 g/mol. The monoisotopic (exact) mass is 604 g/mol. The number of hydrogen-bond donors (Lipinski definition) is 2. The van der Waals surface area contributed by atoms with Crippen LogP contribution >= 0.6 is 11.3 Å². The number of aryl methyl sites for hydroxylation is 4. The maximum atomic E-state index is 13.0. The minimum absolute atomic E-state index is 0.168. The highest BCUT2D eigenvalue weighted by molar-refractivity contribution is 7.90. The van der Waals surface area contributed by atoms with E-state index >= 15 is 0 Å². The molecule has 0 amide bonds. The Morgan fingerprint density at radius 3 is 2.40 bits per heavy atom. The fourth-order valence-corrected chi connectivity index (χ4v) is 6.87. The molecule has 218 valence electrons. The summed E-state index contributed by atoms with van der Waals surface area (Å²) in [6.07, 6.45) is 3.95. The van der Waals surface area contributed by atoms with Crippen LogP contribution in [0.1, 0.15) is 48.5 Å². The van der Waals surface area contributed by atoms with E-state index in [1.54, 1.807) is 12.1 Å². The second kappa shape index (κ2) is 11.0. The van der Waals surface area contributed by atoms with E-state index < -0.39 is 9.84 Å². The van der Waals surface area contributed by atoms with Crippen LogP contribution in [0.3, 0.4) is 0 Å². The largest absolute Gasteiger partial charge is 0.358 e. The van der Waals surface area contributed by atoms with E-state index in [0.29, 0.717) is 46.6 Å². The molecule has 42 heavy (non-hydrogen) atoms. The number of benzene rings is 1. The normalized spacial score (nSPS) is 15.7. The molecular formula is C29H32N8O3S2. The van der Waals surface area contributed by atoms with E-state index in [0.717, 1.165) is 47.0 Å². The molecule has 1 aliphatic heterocycles. The summed E-state index contributed by atoms with van der Waals surface area (Å²) < 4.78 is 34.1. The zero-order valence-electron chi connectivity index (χ0n) is 24.1. The number of ether oxygens (including phenoxy) is 1. The Balaban J connectivity index is 1.49. The van der Waals surface area contributed by atoms with Gasteiger partial charge in [0.1, 0.15) is 40.0 Å². The van der Waals surface area contributed by atoms with Gasteiger partial charge in [-0.2, -0.15) is 0 Å². The predicted molar refractivity (Wildman–Crippen MR) is 165 cm³/mol. The van der Waals surface area contributed by atoms with Gasteiger partial charge in [-0.15, -0.1) is 11.3 Å². The van der Waals surface area contributed by atoms with Gasteiger partial charge in [-0.1, -0.05) is 0 Å². The van der Waals surface area contributed by atoms with Gasteiger partial charge in [0.05, 0.1) is 16.3 Å². The fourth-order valence-electron chi connectivity index (χ4n) is 5.21. The van der Waals surface area contributed by atoms with Crippen molar-refractivity contribution in [1.82, 2.24) is 29.5 Å². The number of anilines is 4. The summed E-state index contributed by atoms with van der Waals surface area (Å²) in [7, 11) is -3.60. The van der Waals surface area contributed by atoms with Crippen molar-refractivity contribution in [3.05, 3.63) is 58.7 Å². The van der Waals surface area contributed by atoms with Gasteiger partial charge in [0, 0.05) is 47.3 Å². The third-order valence-electron chi connectivity index (χ3n) is 7.01. The lowest BCUT2D eigenvalue weighted by atomic mass is 10.2. The van der Waals surface area contributed by atoms with Gasteiger partial charge in [-0.25, -0.2) is 33.3 Å². The van der Waals surface area contributed by atoms with Crippen LogP contribution in [0, 0.1) is 27.7 Å². The van der Waals surface area contributed by atoms with Crippen LogP contribution in [0.25, 0.3) is 21.7 Å². The maximum Gasteiger partial charge on any atom is 0.177 e. The molecule has 1 saturated heterocycles. The van der Waals surface area contributed by atoms with Crippen LogP contribution in [0.15, 0.2) is 40.6 Å². The lowest BCUT2D eigenvalue weighted by molar-refractivity contribution is -0.0308. The minimum atomic E-state index is -3.60. The quantitative estimate of drug-likeness (QED) is 0.222. The SMILES string of the molecule is Cc1cc(Nc2cc(Nc3ccc(-c4nc(C)cs4)cc3S(C)(=O)=O)c3nc(C)n(C4CCCCO4)c3n2)nc(C)n1. The average Bonchev–Trinajstić information content (AvgIpc) is 3.51. The first-order valence-corrected chi connectivity index (χ1v) is 16.5. The zero-order chi connectivity index (χ0) is 29.6. The Morgan fingerprint density at radius 2 is 1.71 bits per heavy atom. The number of nitrogens with one attached hydrogen (secondary N) is 2. The van der Waals surface area contributed by atoms with Gasteiger partial charge in [-0.05, 0) is 65.2 Å². The van der Waals surface area contributed by atoms with Gasteiger partial charge in [-0.3, -0.25) is 4.57 Å². The number of sulfone groups is 1. The maximum absolute atomic E-state index is 13.0. The molecule has 1 fully saturated rings. The molecule has 4 aromatic heterocycles. The standard InChI is InChI=1S/C29H32N8O3S2/c1-16-12-24(32-18(3)30-16)35-25-14-22(27-28(36-25)37(19(4)33-27)26-8-6-7-11-40-26)34-21-10-9-20(13-23(21)42(5,38)39)29-31-17(2)15-41-29/h9-10,12-15,26H,6-8,11H2,1-5H3,(H2,30,32,34,35,36). The smallest absolute Gasteiger partial charge is 0.177 e. The Labute approximate surface area is 248 Å². The number of hydrogen-bond acceptors (Lipinski definition) is 11. The van der Waals surface area contributed by atoms with Crippen LogP contribution in [0.5, 0.6) is 0 Å². The summed E-state index contributed by atoms with van der Waals surface area (Å²) in [5.74, 6) is 2.53. The fraction of sp³-hybridized carbons (Fsp3) is 0.345. The molecule has 6 rings (SSSR count). The molecule has 0 bridgehead atoms. The first-order valence-electron chi connectivity index (χ1n) is 13.7. The van der Waals surface area contributed by atoms with Gasteiger partial charge >= 0.3 is 0 Å². The van der Waals surface area contributed by atoms with Crippen LogP contribution in [0.4, 0.5) is 23.0 Å². The Kier molecular flexibility index (Phi) is 7.41. The number of imidazole rings is 1. The molecule has 0 spiro atoms. The summed E-state index contributed by atoms with van der Waals surface area (Å²) in [4.78, 5) is 23.4. The molecule has 5 aromatic rings. The number of rotatable bonds is 7. The highest BCUT2D eigenvalue weighted by atomic mass is 32.2. The number of thiazole rings is 1. The van der Waals surface area contributed by atoms with E-state index in [1.807, 2.05) is 55.8 Å². The highest BCUT2D eigenvalue weighted by Gasteiger charge is 2.25. The minimum Gasteiger partial charge on any atom is -0.358 e. The first kappa shape index (κ1) is 28.2. The highest BCUT2D eigenvalue weighted by Crippen LogP contribution is 2.37. The van der Waals surface area contributed by atoms with Crippen LogP contribution in [-0.4, -0.2) is 50.8 Å². The number of fused-ring (bicyclic) bond motifs is 1. The van der Waals surface area contributed by atoms with Crippen molar-refractivity contribution in [2.24, 2.45) is 0 Å². The van der Waals surface area contributed by atoms with Crippen LogP contribution < -0.4 is 10.6 Å². The molecule has 0 aliphatic carbocycles. The molecule has 1 aromatic carbocycles. The second-order valence-electron chi connectivity index (χ2n) is 10.5. The van der Waals surface area contributed by atoms with Crippen molar-refractivity contribution >= 4 is 55.3 Å². The van der Waals surface area contributed by atoms with Crippen molar-refractivity contribution in [3.63, 3.8) is 0 Å². The predicted octanol–water partition coefficient (Wildman–Crippen LogP) is 6.17. The number of pyridine rings is 1. The summed E-state index contributed by atoms with van der Waals surface area (Å²) in [6.45, 7) is 8.27.